The van der Waals surface area contributed by atoms with Gasteiger partial charge in [0.05, 0.1) is 6.04 Å². The fourth-order valence-corrected chi connectivity index (χ4v) is 1.00. The zero-order chi connectivity index (χ0) is 7.56. The summed E-state index contributed by atoms with van der Waals surface area (Å²) in [6.45, 7) is 2.01. The van der Waals surface area contributed by atoms with Crippen molar-refractivity contribution in [1.82, 2.24) is 4.90 Å². The first-order chi connectivity index (χ1) is 4.79. The highest BCUT2D eigenvalue weighted by Gasteiger charge is 2.30. The number of cyclic esters (lactones) is 1. The zero-order valence-electron chi connectivity index (χ0n) is 5.84. The van der Waals surface area contributed by atoms with Crippen LogP contribution in [0.3, 0.4) is 0 Å². The SMILES string of the molecule is CCN1C(=O)OCC1CF. The van der Waals surface area contributed by atoms with Gasteiger partial charge in [0, 0.05) is 6.54 Å². The number of ether oxygens (including phenoxy) is 1. The van der Waals surface area contributed by atoms with Crippen molar-refractivity contribution < 1.29 is 13.9 Å². The molecule has 1 aliphatic rings. The molecule has 0 aliphatic carbocycles. The van der Waals surface area contributed by atoms with Gasteiger partial charge in [-0.25, -0.2) is 9.18 Å². The molecule has 1 atom stereocenters. The van der Waals surface area contributed by atoms with Gasteiger partial charge in [0.25, 0.3) is 0 Å². The van der Waals surface area contributed by atoms with E-state index in [1.54, 1.807) is 6.92 Å². The minimum absolute atomic E-state index is 0.198. The second-order valence-electron chi connectivity index (χ2n) is 2.17. The Bertz CT molecular complexity index is 140. The Morgan fingerprint density at radius 2 is 2.60 bits per heavy atom. The van der Waals surface area contributed by atoms with Gasteiger partial charge in [-0.2, -0.15) is 0 Å². The first-order valence-corrected chi connectivity index (χ1v) is 3.29. The van der Waals surface area contributed by atoms with E-state index < -0.39 is 12.8 Å². The summed E-state index contributed by atoms with van der Waals surface area (Å²) in [4.78, 5) is 12.1. The van der Waals surface area contributed by atoms with Gasteiger partial charge >= 0.3 is 6.09 Å². The number of hydrogen-bond donors (Lipinski definition) is 0. The van der Waals surface area contributed by atoms with Crippen molar-refractivity contribution in [2.45, 2.75) is 13.0 Å². The fraction of sp³-hybridized carbons (Fsp3) is 0.833. The Morgan fingerprint density at radius 1 is 1.90 bits per heavy atom. The van der Waals surface area contributed by atoms with Gasteiger partial charge in [-0.3, -0.25) is 4.90 Å². The summed E-state index contributed by atoms with van der Waals surface area (Å²) in [6.07, 6.45) is -0.398. The van der Waals surface area contributed by atoms with Crippen LogP contribution in [0.2, 0.25) is 0 Å². The highest BCUT2D eigenvalue weighted by atomic mass is 19.1. The van der Waals surface area contributed by atoms with E-state index in [2.05, 4.69) is 4.74 Å². The molecule has 0 bridgehead atoms. The summed E-state index contributed by atoms with van der Waals surface area (Å²) in [5.74, 6) is 0. The maximum absolute atomic E-state index is 12.0. The van der Waals surface area contributed by atoms with E-state index in [1.807, 2.05) is 0 Å². The molecular formula is C6H10FNO2. The average molecular weight is 147 g/mol. The third-order valence-electron chi connectivity index (χ3n) is 1.59. The Hall–Kier alpha value is -0.800. The molecule has 3 nitrogen and oxygen atoms in total. The quantitative estimate of drug-likeness (QED) is 0.578. The third-order valence-corrected chi connectivity index (χ3v) is 1.59. The second kappa shape index (κ2) is 2.86. The summed E-state index contributed by atoms with van der Waals surface area (Å²) in [7, 11) is 0. The zero-order valence-corrected chi connectivity index (χ0v) is 5.84. The molecule has 1 heterocycles. The first-order valence-electron chi connectivity index (χ1n) is 3.29. The number of halogens is 1. The van der Waals surface area contributed by atoms with Crippen LogP contribution in [0.1, 0.15) is 6.92 Å². The molecule has 0 aromatic heterocycles. The normalized spacial score (nSPS) is 25.2. The molecule has 1 amide bonds. The summed E-state index contributed by atoms with van der Waals surface area (Å²) in [6, 6.07) is -0.350. The Morgan fingerprint density at radius 3 is 3.00 bits per heavy atom. The molecule has 0 saturated carbocycles. The molecular weight excluding hydrogens is 137 g/mol. The smallest absolute Gasteiger partial charge is 0.410 e. The monoisotopic (exact) mass is 147 g/mol. The molecule has 1 unspecified atom stereocenters. The van der Waals surface area contributed by atoms with E-state index in [0.29, 0.717) is 6.54 Å². The number of rotatable bonds is 2. The summed E-state index contributed by atoms with van der Waals surface area (Å²) in [5.41, 5.74) is 0. The van der Waals surface area contributed by atoms with Gasteiger partial charge in [-0.05, 0) is 6.92 Å². The van der Waals surface area contributed by atoms with Gasteiger partial charge in [-0.1, -0.05) is 0 Å². The lowest BCUT2D eigenvalue weighted by Crippen LogP contribution is -2.34. The predicted octanol–water partition coefficient (Wildman–Crippen LogP) is 0.797. The molecule has 4 heteroatoms. The van der Waals surface area contributed by atoms with Crippen molar-refractivity contribution >= 4 is 6.09 Å². The maximum Gasteiger partial charge on any atom is 0.410 e. The predicted molar refractivity (Wildman–Crippen MR) is 33.5 cm³/mol. The lowest BCUT2D eigenvalue weighted by Gasteiger charge is -2.15. The highest BCUT2D eigenvalue weighted by molar-refractivity contribution is 5.69. The fourth-order valence-electron chi connectivity index (χ4n) is 1.00. The molecule has 1 rings (SSSR count). The highest BCUT2D eigenvalue weighted by Crippen LogP contribution is 2.11. The topological polar surface area (TPSA) is 29.5 Å². The van der Waals surface area contributed by atoms with Crippen molar-refractivity contribution in [3.63, 3.8) is 0 Å². The molecule has 1 aliphatic heterocycles. The van der Waals surface area contributed by atoms with Crippen molar-refractivity contribution in [3.05, 3.63) is 0 Å². The minimum Gasteiger partial charge on any atom is -0.447 e. The number of nitrogens with zero attached hydrogens (tertiary/aromatic N) is 1. The van der Waals surface area contributed by atoms with E-state index in [0.717, 1.165) is 0 Å². The molecule has 0 aromatic carbocycles. The van der Waals surface area contributed by atoms with Gasteiger partial charge in [-0.15, -0.1) is 0 Å². The van der Waals surface area contributed by atoms with Gasteiger partial charge in [0.1, 0.15) is 13.3 Å². The lowest BCUT2D eigenvalue weighted by molar-refractivity contribution is 0.158. The van der Waals surface area contributed by atoms with E-state index in [1.165, 1.54) is 4.90 Å². The van der Waals surface area contributed by atoms with Crippen molar-refractivity contribution in [3.8, 4) is 0 Å². The van der Waals surface area contributed by atoms with Gasteiger partial charge in [0.2, 0.25) is 0 Å². The number of hydrogen-bond acceptors (Lipinski definition) is 2. The number of carbonyl (C=O) groups excluding carboxylic acids is 1. The number of carbonyl (C=O) groups is 1. The molecule has 58 valence electrons. The molecule has 1 saturated heterocycles. The number of likely N-dealkylation sites (N-methyl/N-ethyl adjacent to an activating group) is 1. The van der Waals surface area contributed by atoms with Crippen molar-refractivity contribution in [2.24, 2.45) is 0 Å². The largest absolute Gasteiger partial charge is 0.447 e. The molecule has 0 spiro atoms. The van der Waals surface area contributed by atoms with E-state index in [9.17, 15) is 9.18 Å². The van der Waals surface area contributed by atoms with Crippen LogP contribution < -0.4 is 0 Å². The van der Waals surface area contributed by atoms with Crippen LogP contribution in [0.25, 0.3) is 0 Å². The Balaban J connectivity index is 2.54. The van der Waals surface area contributed by atoms with Gasteiger partial charge in [0.15, 0.2) is 0 Å². The summed E-state index contributed by atoms with van der Waals surface area (Å²) < 4.78 is 16.6. The standard InChI is InChI=1S/C6H10FNO2/c1-2-8-5(3-7)4-10-6(8)9/h5H,2-4H2,1H3. The van der Waals surface area contributed by atoms with Crippen LogP contribution in [0.5, 0.6) is 0 Å². The summed E-state index contributed by atoms with van der Waals surface area (Å²) in [5, 5.41) is 0. The Kier molecular flexibility index (Phi) is 2.09. The number of alkyl halides is 1. The van der Waals surface area contributed by atoms with Crippen LogP contribution in [0.4, 0.5) is 9.18 Å². The molecule has 0 aromatic rings. The molecule has 0 N–H and O–H groups in total. The molecule has 10 heavy (non-hydrogen) atoms. The lowest BCUT2D eigenvalue weighted by atomic mass is 10.3. The molecule has 0 radical (unpaired) electrons. The van der Waals surface area contributed by atoms with Crippen LogP contribution >= 0.6 is 0 Å². The second-order valence-corrected chi connectivity index (χ2v) is 2.17. The van der Waals surface area contributed by atoms with E-state index in [4.69, 9.17) is 0 Å². The van der Waals surface area contributed by atoms with Crippen molar-refractivity contribution in [2.75, 3.05) is 19.8 Å². The van der Waals surface area contributed by atoms with Crippen molar-refractivity contribution in [1.29, 1.82) is 0 Å². The minimum atomic E-state index is -0.514. The maximum atomic E-state index is 12.0. The van der Waals surface area contributed by atoms with Crippen LogP contribution in [-0.2, 0) is 4.74 Å². The van der Waals surface area contributed by atoms with E-state index >= 15 is 0 Å². The Labute approximate surface area is 58.8 Å². The van der Waals surface area contributed by atoms with Crippen LogP contribution in [-0.4, -0.2) is 36.9 Å². The third kappa shape index (κ3) is 1.05. The van der Waals surface area contributed by atoms with Gasteiger partial charge < -0.3 is 4.74 Å². The average Bonchev–Trinajstić information content (AvgIpc) is 2.30. The van der Waals surface area contributed by atoms with E-state index in [-0.39, 0.29) is 12.6 Å². The molecule has 1 fully saturated rings. The summed E-state index contributed by atoms with van der Waals surface area (Å²) >= 11 is 0. The first kappa shape index (κ1) is 7.31. The van der Waals surface area contributed by atoms with Crippen LogP contribution in [0.15, 0.2) is 0 Å². The number of amides is 1. The van der Waals surface area contributed by atoms with Crippen LogP contribution in [0, 0.1) is 0 Å².